The molecule has 0 saturated carbocycles. The molecule has 1 aromatic carbocycles. The Morgan fingerprint density at radius 1 is 1.13 bits per heavy atom. The van der Waals surface area contributed by atoms with Crippen molar-refractivity contribution in [1.29, 1.82) is 0 Å². The van der Waals surface area contributed by atoms with Gasteiger partial charge in [-0.3, -0.25) is 0 Å². The average Bonchev–Trinajstić information content (AvgIpc) is 2.75. The van der Waals surface area contributed by atoms with E-state index in [0.29, 0.717) is 4.88 Å². The van der Waals surface area contributed by atoms with Crippen molar-refractivity contribution in [2.24, 2.45) is 0 Å². The minimum atomic E-state index is -0.941. The Kier molecular flexibility index (Phi) is 2.68. The second kappa shape index (κ2) is 3.98. The lowest BCUT2D eigenvalue weighted by Gasteiger charge is -2.05. The molecule has 1 aromatic heterocycles. The number of rotatable bonds is 2. The van der Waals surface area contributed by atoms with Crippen molar-refractivity contribution >= 4 is 11.3 Å². The van der Waals surface area contributed by atoms with E-state index in [2.05, 4.69) is 4.74 Å². The zero-order valence-corrected chi connectivity index (χ0v) is 8.78. The van der Waals surface area contributed by atoms with Crippen molar-refractivity contribution in [3.63, 3.8) is 0 Å². The molecule has 0 N–H and O–H groups in total. The molecule has 0 unspecified atom stereocenters. The molecule has 0 amide bonds. The molecule has 78 valence electrons. The quantitative estimate of drug-likeness (QED) is 0.758. The molecule has 2 aromatic rings. The largest absolute Gasteiger partial charge is 0.494 e. The van der Waals surface area contributed by atoms with Gasteiger partial charge in [0, 0.05) is 10.4 Å². The SMILES string of the molecule is COc1ccc(-c2cccs2)c(F)c1F. The highest BCUT2D eigenvalue weighted by Crippen LogP contribution is 2.31. The molecule has 0 radical (unpaired) electrons. The fourth-order valence-electron chi connectivity index (χ4n) is 1.31. The maximum atomic E-state index is 13.6. The van der Waals surface area contributed by atoms with Gasteiger partial charge in [0.1, 0.15) is 0 Å². The Morgan fingerprint density at radius 2 is 1.93 bits per heavy atom. The van der Waals surface area contributed by atoms with Crippen molar-refractivity contribution in [1.82, 2.24) is 0 Å². The third kappa shape index (κ3) is 1.72. The fraction of sp³-hybridized carbons (Fsp3) is 0.0909. The minimum absolute atomic E-state index is 0.0761. The predicted molar refractivity (Wildman–Crippen MR) is 56.2 cm³/mol. The first-order valence-electron chi connectivity index (χ1n) is 4.30. The van der Waals surface area contributed by atoms with Crippen LogP contribution in [0.4, 0.5) is 8.78 Å². The summed E-state index contributed by atoms with van der Waals surface area (Å²) in [6.45, 7) is 0. The van der Waals surface area contributed by atoms with Gasteiger partial charge in [-0.25, -0.2) is 4.39 Å². The highest BCUT2D eigenvalue weighted by molar-refractivity contribution is 7.13. The number of methoxy groups -OCH3 is 1. The lowest BCUT2D eigenvalue weighted by atomic mass is 10.1. The summed E-state index contributed by atoms with van der Waals surface area (Å²) >= 11 is 1.36. The van der Waals surface area contributed by atoms with Crippen LogP contribution in [0.5, 0.6) is 5.75 Å². The molecule has 0 spiro atoms. The Bertz CT molecular complexity index is 466. The summed E-state index contributed by atoms with van der Waals surface area (Å²) in [5, 5.41) is 1.82. The van der Waals surface area contributed by atoms with E-state index in [1.165, 1.54) is 30.6 Å². The number of halogens is 2. The van der Waals surface area contributed by atoms with Gasteiger partial charge in [-0.1, -0.05) is 6.07 Å². The third-order valence-electron chi connectivity index (χ3n) is 2.05. The number of thiophene rings is 1. The smallest absolute Gasteiger partial charge is 0.201 e. The monoisotopic (exact) mass is 226 g/mol. The Balaban J connectivity index is 2.56. The molecule has 2 rings (SSSR count). The Labute approximate surface area is 89.9 Å². The van der Waals surface area contributed by atoms with Crippen LogP contribution in [0.25, 0.3) is 10.4 Å². The van der Waals surface area contributed by atoms with Crippen molar-refractivity contribution in [3.05, 3.63) is 41.3 Å². The first-order chi connectivity index (χ1) is 7.24. The van der Waals surface area contributed by atoms with Crippen molar-refractivity contribution in [2.75, 3.05) is 7.11 Å². The Morgan fingerprint density at radius 3 is 2.53 bits per heavy atom. The zero-order chi connectivity index (χ0) is 10.8. The minimum Gasteiger partial charge on any atom is -0.494 e. The molecule has 15 heavy (non-hydrogen) atoms. The molecule has 0 aliphatic carbocycles. The lowest BCUT2D eigenvalue weighted by molar-refractivity contribution is 0.372. The summed E-state index contributed by atoms with van der Waals surface area (Å²) in [6, 6.07) is 6.48. The van der Waals surface area contributed by atoms with Crippen molar-refractivity contribution in [3.8, 4) is 16.2 Å². The number of benzene rings is 1. The molecular formula is C11H8F2OS. The maximum Gasteiger partial charge on any atom is 0.201 e. The molecule has 1 heterocycles. The van der Waals surface area contributed by atoms with Crippen molar-refractivity contribution < 1.29 is 13.5 Å². The van der Waals surface area contributed by atoms with Gasteiger partial charge in [0.25, 0.3) is 0 Å². The van der Waals surface area contributed by atoms with E-state index in [1.54, 1.807) is 12.1 Å². The summed E-state index contributed by atoms with van der Waals surface area (Å²) in [5.41, 5.74) is 0.267. The van der Waals surface area contributed by atoms with Crippen LogP contribution in [-0.4, -0.2) is 7.11 Å². The lowest BCUT2D eigenvalue weighted by Crippen LogP contribution is -1.93. The number of hydrogen-bond donors (Lipinski definition) is 0. The van der Waals surface area contributed by atoms with E-state index in [-0.39, 0.29) is 11.3 Å². The van der Waals surface area contributed by atoms with Gasteiger partial charge in [0.2, 0.25) is 5.82 Å². The van der Waals surface area contributed by atoms with E-state index < -0.39 is 11.6 Å². The topological polar surface area (TPSA) is 9.23 Å². The molecule has 0 atom stereocenters. The third-order valence-corrected chi connectivity index (χ3v) is 2.96. The molecule has 1 nitrogen and oxygen atoms in total. The van der Waals surface area contributed by atoms with Gasteiger partial charge < -0.3 is 4.74 Å². The summed E-state index contributed by atoms with van der Waals surface area (Å²) in [6.07, 6.45) is 0. The van der Waals surface area contributed by atoms with Crippen LogP contribution in [0.2, 0.25) is 0 Å². The normalized spacial score (nSPS) is 10.3. The average molecular weight is 226 g/mol. The van der Waals surface area contributed by atoms with Crippen molar-refractivity contribution in [2.45, 2.75) is 0 Å². The van der Waals surface area contributed by atoms with Crippen LogP contribution in [0.1, 0.15) is 0 Å². The van der Waals surface area contributed by atoms with E-state index in [4.69, 9.17) is 0 Å². The van der Waals surface area contributed by atoms with Crippen LogP contribution in [0, 0.1) is 11.6 Å². The van der Waals surface area contributed by atoms with Gasteiger partial charge in [0.05, 0.1) is 7.11 Å². The molecule has 0 saturated heterocycles. The second-order valence-electron chi connectivity index (χ2n) is 2.92. The molecule has 0 bridgehead atoms. The first-order valence-corrected chi connectivity index (χ1v) is 5.18. The number of ether oxygens (including phenoxy) is 1. The number of hydrogen-bond acceptors (Lipinski definition) is 2. The molecule has 0 aliphatic heterocycles. The fourth-order valence-corrected chi connectivity index (χ4v) is 2.06. The summed E-state index contributed by atoms with van der Waals surface area (Å²) < 4.78 is 31.6. The Hall–Kier alpha value is -1.42. The van der Waals surface area contributed by atoms with E-state index in [9.17, 15) is 8.78 Å². The second-order valence-corrected chi connectivity index (χ2v) is 3.87. The van der Waals surface area contributed by atoms with Crippen LogP contribution in [0.15, 0.2) is 29.6 Å². The van der Waals surface area contributed by atoms with E-state index in [1.807, 2.05) is 5.38 Å². The molecule has 4 heteroatoms. The summed E-state index contributed by atoms with van der Waals surface area (Å²) in [5.74, 6) is -1.88. The standard InChI is InChI=1S/C11H8F2OS/c1-14-8-5-4-7(10(12)11(8)13)9-3-2-6-15-9/h2-6H,1H3. The van der Waals surface area contributed by atoms with Gasteiger partial charge in [-0.15, -0.1) is 11.3 Å². The maximum absolute atomic E-state index is 13.6. The van der Waals surface area contributed by atoms with E-state index in [0.717, 1.165) is 0 Å². The zero-order valence-electron chi connectivity index (χ0n) is 7.96. The first kappa shape index (κ1) is 10.1. The van der Waals surface area contributed by atoms with Gasteiger partial charge in [-0.05, 0) is 23.6 Å². The van der Waals surface area contributed by atoms with E-state index >= 15 is 0 Å². The van der Waals surface area contributed by atoms with Gasteiger partial charge in [0.15, 0.2) is 11.6 Å². The van der Waals surface area contributed by atoms with Crippen LogP contribution in [-0.2, 0) is 0 Å². The van der Waals surface area contributed by atoms with Crippen LogP contribution in [0.3, 0.4) is 0 Å². The summed E-state index contributed by atoms with van der Waals surface area (Å²) in [7, 11) is 1.31. The highest BCUT2D eigenvalue weighted by Gasteiger charge is 2.15. The summed E-state index contributed by atoms with van der Waals surface area (Å²) in [4.78, 5) is 0.703. The van der Waals surface area contributed by atoms with Crippen LogP contribution >= 0.6 is 11.3 Å². The molecular weight excluding hydrogens is 218 g/mol. The van der Waals surface area contributed by atoms with Gasteiger partial charge in [-0.2, -0.15) is 4.39 Å². The molecule has 0 aliphatic rings. The highest BCUT2D eigenvalue weighted by atomic mass is 32.1. The molecule has 0 fully saturated rings. The predicted octanol–water partition coefficient (Wildman–Crippen LogP) is 3.70. The van der Waals surface area contributed by atoms with Gasteiger partial charge >= 0.3 is 0 Å². The van der Waals surface area contributed by atoms with Crippen LogP contribution < -0.4 is 4.74 Å².